The van der Waals surface area contributed by atoms with E-state index < -0.39 is 0 Å². The molecule has 2 aromatic rings. The van der Waals surface area contributed by atoms with E-state index in [2.05, 4.69) is 30.5 Å². The van der Waals surface area contributed by atoms with Gasteiger partial charge in [-0.2, -0.15) is 0 Å². The Morgan fingerprint density at radius 3 is 2.66 bits per heavy atom. The van der Waals surface area contributed by atoms with Crippen molar-refractivity contribution in [3.8, 4) is 0 Å². The van der Waals surface area contributed by atoms with E-state index in [1.807, 2.05) is 53.4 Å². The Morgan fingerprint density at radius 2 is 1.90 bits per heavy atom. The molecule has 1 unspecified atom stereocenters. The molecule has 1 aliphatic rings. The van der Waals surface area contributed by atoms with Crippen molar-refractivity contribution in [1.29, 1.82) is 0 Å². The number of hydrogen-bond acceptors (Lipinski definition) is 2. The van der Waals surface area contributed by atoms with Crippen LogP contribution < -0.4 is 10.6 Å². The molecule has 3 rings (SSSR count). The summed E-state index contributed by atoms with van der Waals surface area (Å²) < 4.78 is 0. The first-order valence-corrected chi connectivity index (χ1v) is 10.5. The number of likely N-dealkylation sites (tertiary alicyclic amines) is 1. The second-order valence-electron chi connectivity index (χ2n) is 8.15. The third kappa shape index (κ3) is 6.08. The Labute approximate surface area is 173 Å². The van der Waals surface area contributed by atoms with Crippen LogP contribution >= 0.6 is 0 Å². The summed E-state index contributed by atoms with van der Waals surface area (Å²) in [5, 5.41) is 5.97. The maximum Gasteiger partial charge on any atom is 0.321 e. The van der Waals surface area contributed by atoms with Crippen LogP contribution in [0, 0.1) is 5.92 Å². The van der Waals surface area contributed by atoms with Crippen molar-refractivity contribution >= 4 is 17.6 Å². The van der Waals surface area contributed by atoms with E-state index in [-0.39, 0.29) is 17.9 Å². The largest absolute Gasteiger partial charge is 0.352 e. The number of piperidine rings is 1. The van der Waals surface area contributed by atoms with Crippen LogP contribution in [0.25, 0.3) is 0 Å². The fourth-order valence-corrected chi connectivity index (χ4v) is 3.67. The summed E-state index contributed by atoms with van der Waals surface area (Å²) in [5.41, 5.74) is 2.62. The topological polar surface area (TPSA) is 61.4 Å². The van der Waals surface area contributed by atoms with Crippen LogP contribution in [-0.2, 0) is 0 Å². The number of carbonyl (C=O) groups is 2. The molecule has 29 heavy (non-hydrogen) atoms. The van der Waals surface area contributed by atoms with Gasteiger partial charge in [0.15, 0.2) is 0 Å². The number of para-hydroxylation sites is 1. The fourth-order valence-electron chi connectivity index (χ4n) is 3.67. The van der Waals surface area contributed by atoms with E-state index in [0.29, 0.717) is 24.6 Å². The third-order valence-corrected chi connectivity index (χ3v) is 5.36. The Hall–Kier alpha value is -2.82. The molecule has 0 spiro atoms. The zero-order valence-electron chi connectivity index (χ0n) is 17.4. The maximum atomic E-state index is 12.6. The SMILES string of the molecule is CC(C)CCNC(=O)c1cccc(C2CCCN(C(=O)Nc3ccccc3)C2)c1. The minimum Gasteiger partial charge on any atom is -0.352 e. The van der Waals surface area contributed by atoms with Crippen molar-refractivity contribution in [3.63, 3.8) is 0 Å². The van der Waals surface area contributed by atoms with Crippen LogP contribution in [0.4, 0.5) is 10.5 Å². The molecule has 1 atom stereocenters. The van der Waals surface area contributed by atoms with Crippen molar-refractivity contribution in [2.75, 3.05) is 25.0 Å². The number of carbonyl (C=O) groups excluding carboxylic acids is 2. The van der Waals surface area contributed by atoms with E-state index in [1.165, 1.54) is 0 Å². The minimum atomic E-state index is -0.0662. The van der Waals surface area contributed by atoms with Gasteiger partial charge in [-0.05, 0) is 55.0 Å². The van der Waals surface area contributed by atoms with Crippen LogP contribution in [0.3, 0.4) is 0 Å². The average molecular weight is 394 g/mol. The van der Waals surface area contributed by atoms with Crippen LogP contribution in [0.1, 0.15) is 54.9 Å². The standard InChI is InChI=1S/C24H31N3O2/c1-18(2)13-14-25-23(28)20-9-6-8-19(16-20)21-10-7-15-27(17-21)24(29)26-22-11-4-3-5-12-22/h3-6,8-9,11-12,16,18,21H,7,10,13-15,17H2,1-2H3,(H,25,28)(H,26,29). The van der Waals surface area contributed by atoms with Crippen LogP contribution in [0.5, 0.6) is 0 Å². The van der Waals surface area contributed by atoms with E-state index in [0.717, 1.165) is 37.1 Å². The zero-order valence-corrected chi connectivity index (χ0v) is 17.4. The molecule has 0 aromatic heterocycles. The Morgan fingerprint density at radius 1 is 1.10 bits per heavy atom. The van der Waals surface area contributed by atoms with Crippen molar-refractivity contribution < 1.29 is 9.59 Å². The molecule has 0 radical (unpaired) electrons. The van der Waals surface area contributed by atoms with Crippen LogP contribution in [-0.4, -0.2) is 36.5 Å². The molecular weight excluding hydrogens is 362 g/mol. The molecule has 0 saturated carbocycles. The lowest BCUT2D eigenvalue weighted by Crippen LogP contribution is -2.41. The van der Waals surface area contributed by atoms with E-state index in [1.54, 1.807) is 0 Å². The lowest BCUT2D eigenvalue weighted by molar-refractivity contribution is 0.0951. The highest BCUT2D eigenvalue weighted by atomic mass is 16.2. The van der Waals surface area contributed by atoms with Crippen molar-refractivity contribution in [1.82, 2.24) is 10.2 Å². The summed E-state index contributed by atoms with van der Waals surface area (Å²) in [7, 11) is 0. The molecular formula is C24H31N3O2. The number of urea groups is 1. The van der Waals surface area contributed by atoms with Gasteiger partial charge in [-0.25, -0.2) is 4.79 Å². The van der Waals surface area contributed by atoms with E-state index >= 15 is 0 Å². The molecule has 1 aliphatic heterocycles. The zero-order chi connectivity index (χ0) is 20.6. The van der Waals surface area contributed by atoms with Gasteiger partial charge in [0.2, 0.25) is 0 Å². The molecule has 0 bridgehead atoms. The van der Waals surface area contributed by atoms with Gasteiger partial charge in [0.25, 0.3) is 5.91 Å². The van der Waals surface area contributed by atoms with Gasteiger partial charge in [-0.1, -0.05) is 44.2 Å². The van der Waals surface area contributed by atoms with Gasteiger partial charge >= 0.3 is 6.03 Å². The highest BCUT2D eigenvalue weighted by Gasteiger charge is 2.25. The van der Waals surface area contributed by atoms with Crippen LogP contribution in [0.2, 0.25) is 0 Å². The minimum absolute atomic E-state index is 0.0259. The van der Waals surface area contributed by atoms with Crippen molar-refractivity contribution in [2.45, 2.75) is 39.0 Å². The molecule has 0 aliphatic carbocycles. The Balaban J connectivity index is 1.61. The fraction of sp³-hybridized carbons (Fsp3) is 0.417. The number of anilines is 1. The Bertz CT molecular complexity index is 820. The average Bonchev–Trinajstić information content (AvgIpc) is 2.74. The van der Waals surface area contributed by atoms with Gasteiger partial charge in [0.1, 0.15) is 0 Å². The maximum absolute atomic E-state index is 12.6. The lowest BCUT2D eigenvalue weighted by Gasteiger charge is -2.33. The first kappa shape index (κ1) is 20.9. The first-order valence-electron chi connectivity index (χ1n) is 10.5. The normalized spacial score (nSPS) is 16.5. The van der Waals surface area contributed by atoms with Gasteiger partial charge in [0, 0.05) is 36.8 Å². The predicted molar refractivity (Wildman–Crippen MR) is 117 cm³/mol. The predicted octanol–water partition coefficient (Wildman–Crippen LogP) is 4.87. The van der Waals surface area contributed by atoms with Gasteiger partial charge in [-0.15, -0.1) is 0 Å². The number of hydrogen-bond donors (Lipinski definition) is 2. The van der Waals surface area contributed by atoms with Gasteiger partial charge in [0.05, 0.1) is 0 Å². The number of rotatable bonds is 6. The summed E-state index contributed by atoms with van der Waals surface area (Å²) in [5.74, 6) is 0.785. The molecule has 1 saturated heterocycles. The molecule has 5 heteroatoms. The van der Waals surface area contributed by atoms with Gasteiger partial charge in [-0.3, -0.25) is 4.79 Å². The smallest absolute Gasteiger partial charge is 0.321 e. The monoisotopic (exact) mass is 393 g/mol. The van der Waals surface area contributed by atoms with Crippen LogP contribution in [0.15, 0.2) is 54.6 Å². The summed E-state index contributed by atoms with van der Waals surface area (Å²) in [4.78, 5) is 27.0. The second-order valence-corrected chi connectivity index (χ2v) is 8.15. The molecule has 154 valence electrons. The first-order chi connectivity index (χ1) is 14.0. The molecule has 5 nitrogen and oxygen atoms in total. The van der Waals surface area contributed by atoms with E-state index in [4.69, 9.17) is 0 Å². The lowest BCUT2D eigenvalue weighted by atomic mass is 9.89. The highest BCUT2D eigenvalue weighted by Crippen LogP contribution is 2.28. The summed E-state index contributed by atoms with van der Waals surface area (Å²) in [6, 6.07) is 17.3. The molecule has 3 amide bonds. The number of nitrogens with one attached hydrogen (secondary N) is 2. The number of amides is 3. The third-order valence-electron chi connectivity index (χ3n) is 5.36. The summed E-state index contributed by atoms with van der Waals surface area (Å²) in [6.45, 7) is 6.41. The second kappa shape index (κ2) is 10.1. The molecule has 1 heterocycles. The number of benzene rings is 2. The Kier molecular flexibility index (Phi) is 7.28. The van der Waals surface area contributed by atoms with E-state index in [9.17, 15) is 9.59 Å². The number of nitrogens with zero attached hydrogens (tertiary/aromatic N) is 1. The molecule has 2 N–H and O–H groups in total. The summed E-state index contributed by atoms with van der Waals surface area (Å²) >= 11 is 0. The van der Waals surface area contributed by atoms with Crippen molar-refractivity contribution in [2.24, 2.45) is 5.92 Å². The highest BCUT2D eigenvalue weighted by molar-refractivity contribution is 5.94. The summed E-state index contributed by atoms with van der Waals surface area (Å²) in [6.07, 6.45) is 2.95. The molecule has 2 aromatic carbocycles. The van der Waals surface area contributed by atoms with Gasteiger partial charge < -0.3 is 15.5 Å². The molecule has 1 fully saturated rings. The quantitative estimate of drug-likeness (QED) is 0.735. The van der Waals surface area contributed by atoms with Crippen molar-refractivity contribution in [3.05, 3.63) is 65.7 Å².